The molecule has 0 aromatic carbocycles. The van der Waals surface area contributed by atoms with Crippen LogP contribution in [0, 0.1) is 0 Å². The summed E-state index contributed by atoms with van der Waals surface area (Å²) in [6.45, 7) is 1.45. The molecule has 0 atom stereocenters. The molecular weight excluding hydrogens is 252 g/mol. The third kappa shape index (κ3) is 3.39. The molecule has 1 heterocycles. The Bertz CT molecular complexity index is 346. The highest BCUT2D eigenvalue weighted by atomic mass is 19.4. The van der Waals surface area contributed by atoms with Crippen molar-refractivity contribution in [3.05, 3.63) is 23.0 Å². The standard InChI is InChI=1S/C9H9F6NO/c1-2-17-4-5-3-6(8(10,11)12)7(16-5)9(13,14)15/h3,16H,2,4H2,1H3. The summed E-state index contributed by atoms with van der Waals surface area (Å²) in [5, 5.41) is 0. The van der Waals surface area contributed by atoms with Crippen molar-refractivity contribution in [2.75, 3.05) is 6.61 Å². The average molecular weight is 261 g/mol. The topological polar surface area (TPSA) is 25.0 Å². The van der Waals surface area contributed by atoms with Gasteiger partial charge in [0.15, 0.2) is 0 Å². The van der Waals surface area contributed by atoms with Crippen LogP contribution >= 0.6 is 0 Å². The molecule has 1 aromatic heterocycles. The van der Waals surface area contributed by atoms with Gasteiger partial charge in [0.25, 0.3) is 0 Å². The van der Waals surface area contributed by atoms with Crippen LogP contribution in [0.1, 0.15) is 23.9 Å². The quantitative estimate of drug-likeness (QED) is 0.826. The summed E-state index contributed by atoms with van der Waals surface area (Å²) in [5.41, 5.74) is -3.77. The number of rotatable bonds is 3. The van der Waals surface area contributed by atoms with Crippen molar-refractivity contribution < 1.29 is 31.1 Å². The minimum atomic E-state index is -5.07. The van der Waals surface area contributed by atoms with Crippen LogP contribution in [0.2, 0.25) is 0 Å². The molecule has 1 aromatic rings. The van der Waals surface area contributed by atoms with Crippen LogP contribution in [0.15, 0.2) is 6.07 Å². The first-order valence-electron chi connectivity index (χ1n) is 4.60. The molecule has 0 aliphatic heterocycles. The monoisotopic (exact) mass is 261 g/mol. The zero-order valence-electron chi connectivity index (χ0n) is 8.67. The molecule has 0 spiro atoms. The van der Waals surface area contributed by atoms with Gasteiger partial charge >= 0.3 is 12.4 Å². The first-order valence-corrected chi connectivity index (χ1v) is 4.60. The Labute approximate surface area is 92.6 Å². The van der Waals surface area contributed by atoms with Crippen molar-refractivity contribution in [2.24, 2.45) is 0 Å². The second-order valence-electron chi connectivity index (χ2n) is 3.22. The molecule has 0 radical (unpaired) electrons. The van der Waals surface area contributed by atoms with Crippen LogP contribution in [0.5, 0.6) is 0 Å². The summed E-state index contributed by atoms with van der Waals surface area (Å²) < 4.78 is 78.8. The lowest BCUT2D eigenvalue weighted by Crippen LogP contribution is -2.15. The molecule has 0 fully saturated rings. The Hall–Kier alpha value is -1.18. The molecule has 0 aliphatic rings. The third-order valence-electron chi connectivity index (χ3n) is 1.92. The first kappa shape index (κ1) is 13.9. The predicted octanol–water partition coefficient (Wildman–Crippen LogP) is 3.59. The van der Waals surface area contributed by atoms with Crippen LogP contribution in [-0.2, 0) is 23.7 Å². The lowest BCUT2D eigenvalue weighted by atomic mass is 10.2. The fourth-order valence-electron chi connectivity index (χ4n) is 1.25. The lowest BCUT2D eigenvalue weighted by molar-refractivity contribution is -0.163. The van der Waals surface area contributed by atoms with Gasteiger partial charge in [-0.25, -0.2) is 0 Å². The maximum Gasteiger partial charge on any atom is 0.431 e. The van der Waals surface area contributed by atoms with Gasteiger partial charge in [-0.3, -0.25) is 0 Å². The fourth-order valence-corrected chi connectivity index (χ4v) is 1.25. The molecule has 0 unspecified atom stereocenters. The number of halogens is 6. The number of hydrogen-bond donors (Lipinski definition) is 1. The normalized spacial score (nSPS) is 13.1. The van der Waals surface area contributed by atoms with E-state index in [9.17, 15) is 26.3 Å². The van der Waals surface area contributed by atoms with Gasteiger partial charge in [-0.15, -0.1) is 0 Å². The van der Waals surface area contributed by atoms with E-state index in [1.807, 2.05) is 0 Å². The summed E-state index contributed by atoms with van der Waals surface area (Å²) in [6, 6.07) is 0.415. The first-order chi connectivity index (χ1) is 7.66. The van der Waals surface area contributed by atoms with Gasteiger partial charge < -0.3 is 9.72 Å². The second kappa shape index (κ2) is 4.59. The highest BCUT2D eigenvalue weighted by molar-refractivity contribution is 5.30. The smallest absolute Gasteiger partial charge is 0.376 e. The fraction of sp³-hybridized carbons (Fsp3) is 0.556. The van der Waals surface area contributed by atoms with Crippen LogP contribution in [0.25, 0.3) is 0 Å². The van der Waals surface area contributed by atoms with Gasteiger partial charge in [0.05, 0.1) is 12.2 Å². The molecule has 0 amide bonds. The van der Waals surface area contributed by atoms with Crippen LogP contribution in [0.4, 0.5) is 26.3 Å². The van der Waals surface area contributed by atoms with Crippen LogP contribution in [0.3, 0.4) is 0 Å². The number of H-pyrrole nitrogens is 1. The molecule has 8 heteroatoms. The molecular formula is C9H9F6NO. The number of hydrogen-bond acceptors (Lipinski definition) is 1. The summed E-state index contributed by atoms with van der Waals surface area (Å²) in [5.74, 6) is 0. The molecule has 17 heavy (non-hydrogen) atoms. The summed E-state index contributed by atoms with van der Waals surface area (Å²) in [6.07, 6.45) is -10.1. The Kier molecular flexibility index (Phi) is 3.75. The predicted molar refractivity (Wildman–Crippen MR) is 46.1 cm³/mol. The molecule has 0 saturated carbocycles. The van der Waals surface area contributed by atoms with E-state index in [-0.39, 0.29) is 18.9 Å². The minimum absolute atomic E-state index is 0.196. The minimum Gasteiger partial charge on any atom is -0.376 e. The van der Waals surface area contributed by atoms with Crippen molar-refractivity contribution >= 4 is 0 Å². The lowest BCUT2D eigenvalue weighted by Gasteiger charge is -2.10. The third-order valence-corrected chi connectivity index (χ3v) is 1.92. The SMILES string of the molecule is CCOCc1cc(C(F)(F)F)c(C(F)(F)F)[nH]1. The average Bonchev–Trinajstić information content (AvgIpc) is 2.57. The largest absolute Gasteiger partial charge is 0.431 e. The summed E-state index contributed by atoms with van der Waals surface area (Å²) >= 11 is 0. The van der Waals surface area contributed by atoms with E-state index >= 15 is 0 Å². The van der Waals surface area contributed by atoms with Gasteiger partial charge in [0.2, 0.25) is 0 Å². The van der Waals surface area contributed by atoms with E-state index in [1.165, 1.54) is 0 Å². The van der Waals surface area contributed by atoms with Crippen molar-refractivity contribution in [1.29, 1.82) is 0 Å². The number of aromatic amines is 1. The van der Waals surface area contributed by atoms with E-state index in [2.05, 4.69) is 0 Å². The van der Waals surface area contributed by atoms with Crippen molar-refractivity contribution in [2.45, 2.75) is 25.9 Å². The van der Waals surface area contributed by atoms with Gasteiger partial charge in [-0.2, -0.15) is 26.3 Å². The van der Waals surface area contributed by atoms with E-state index in [0.29, 0.717) is 6.07 Å². The molecule has 0 aliphatic carbocycles. The highest BCUT2D eigenvalue weighted by Crippen LogP contribution is 2.40. The number of nitrogens with one attached hydrogen (secondary N) is 1. The van der Waals surface area contributed by atoms with Gasteiger partial charge in [0, 0.05) is 12.3 Å². The Morgan fingerprint density at radius 3 is 2.06 bits per heavy atom. The zero-order valence-corrected chi connectivity index (χ0v) is 8.67. The van der Waals surface area contributed by atoms with E-state index in [4.69, 9.17) is 4.74 Å². The zero-order chi connectivity index (χ0) is 13.3. The molecule has 98 valence electrons. The van der Waals surface area contributed by atoms with Gasteiger partial charge in [-0.1, -0.05) is 0 Å². The summed E-state index contributed by atoms with van der Waals surface area (Å²) in [7, 11) is 0. The van der Waals surface area contributed by atoms with Gasteiger partial charge in [0.1, 0.15) is 5.69 Å². The summed E-state index contributed by atoms with van der Waals surface area (Å²) in [4.78, 5) is 1.69. The Morgan fingerprint density at radius 2 is 1.71 bits per heavy atom. The van der Waals surface area contributed by atoms with Crippen molar-refractivity contribution in [3.63, 3.8) is 0 Å². The number of ether oxygens (including phenoxy) is 1. The Balaban J connectivity index is 3.13. The number of alkyl halides is 6. The van der Waals surface area contributed by atoms with Gasteiger partial charge in [-0.05, 0) is 13.0 Å². The Morgan fingerprint density at radius 1 is 1.12 bits per heavy atom. The maximum atomic E-state index is 12.4. The second-order valence-corrected chi connectivity index (χ2v) is 3.22. The molecule has 0 bridgehead atoms. The van der Waals surface area contributed by atoms with Crippen LogP contribution in [-0.4, -0.2) is 11.6 Å². The van der Waals surface area contributed by atoms with Crippen molar-refractivity contribution in [1.82, 2.24) is 4.98 Å². The van der Waals surface area contributed by atoms with E-state index < -0.39 is 23.6 Å². The highest BCUT2D eigenvalue weighted by Gasteiger charge is 2.45. The molecule has 1 N–H and O–H groups in total. The van der Waals surface area contributed by atoms with E-state index in [0.717, 1.165) is 0 Å². The molecule has 1 rings (SSSR count). The van der Waals surface area contributed by atoms with E-state index in [1.54, 1.807) is 11.9 Å². The number of aromatic nitrogens is 1. The molecule has 0 saturated heterocycles. The maximum absolute atomic E-state index is 12.4. The van der Waals surface area contributed by atoms with Crippen molar-refractivity contribution in [3.8, 4) is 0 Å². The van der Waals surface area contributed by atoms with Crippen LogP contribution < -0.4 is 0 Å². The molecule has 2 nitrogen and oxygen atoms in total.